The topological polar surface area (TPSA) is 87.2 Å². The lowest BCUT2D eigenvalue weighted by Gasteiger charge is -2.18. The highest BCUT2D eigenvalue weighted by molar-refractivity contribution is 6.05. The lowest BCUT2D eigenvalue weighted by Crippen LogP contribution is -2.28. The minimum Gasteiger partial charge on any atom is -0.336 e. The standard InChI is InChI=1S/C19H23N5O2/c1-12-9-13(5-6-15(12)24-8-7-20-18(24)26)16(25)23-14-10-21-17(22-11-14)19(2,3)4/h5-6,9-11H,7-8H2,1-4H3,(H,20,26)(H,23,25). The molecule has 0 atom stereocenters. The number of amides is 3. The van der Waals surface area contributed by atoms with E-state index >= 15 is 0 Å². The van der Waals surface area contributed by atoms with Crippen LogP contribution in [0.5, 0.6) is 0 Å². The van der Waals surface area contributed by atoms with E-state index in [1.54, 1.807) is 35.5 Å². The summed E-state index contributed by atoms with van der Waals surface area (Å²) in [5.74, 6) is 0.484. The van der Waals surface area contributed by atoms with Crippen LogP contribution in [0.25, 0.3) is 0 Å². The number of nitrogens with one attached hydrogen (secondary N) is 2. The smallest absolute Gasteiger partial charge is 0.322 e. The Labute approximate surface area is 152 Å². The van der Waals surface area contributed by atoms with Gasteiger partial charge in [-0.3, -0.25) is 9.69 Å². The Morgan fingerprint density at radius 3 is 2.46 bits per heavy atom. The minimum absolute atomic E-state index is 0.110. The predicted octanol–water partition coefficient (Wildman–Crippen LogP) is 2.86. The molecule has 0 radical (unpaired) electrons. The van der Waals surface area contributed by atoms with Gasteiger partial charge in [-0.25, -0.2) is 14.8 Å². The van der Waals surface area contributed by atoms with Crippen LogP contribution in [0.1, 0.15) is 42.5 Å². The fourth-order valence-corrected chi connectivity index (χ4v) is 2.78. The molecule has 1 saturated heterocycles. The zero-order valence-electron chi connectivity index (χ0n) is 15.5. The quantitative estimate of drug-likeness (QED) is 0.888. The second-order valence-corrected chi connectivity index (χ2v) is 7.38. The lowest BCUT2D eigenvalue weighted by atomic mass is 9.96. The van der Waals surface area contributed by atoms with Crippen molar-refractivity contribution in [2.45, 2.75) is 33.1 Å². The maximum Gasteiger partial charge on any atom is 0.322 e. The van der Waals surface area contributed by atoms with E-state index in [1.165, 1.54) is 0 Å². The Morgan fingerprint density at radius 1 is 1.23 bits per heavy atom. The van der Waals surface area contributed by atoms with Crippen LogP contribution in [0.2, 0.25) is 0 Å². The number of aromatic nitrogens is 2. The van der Waals surface area contributed by atoms with Crippen LogP contribution in [0.15, 0.2) is 30.6 Å². The number of hydrogen-bond donors (Lipinski definition) is 2. The van der Waals surface area contributed by atoms with Gasteiger partial charge in [0, 0.05) is 29.8 Å². The van der Waals surface area contributed by atoms with E-state index in [9.17, 15) is 9.59 Å². The molecule has 0 aliphatic carbocycles. The van der Waals surface area contributed by atoms with Gasteiger partial charge in [0.25, 0.3) is 5.91 Å². The van der Waals surface area contributed by atoms with Crippen molar-refractivity contribution in [2.24, 2.45) is 0 Å². The van der Waals surface area contributed by atoms with Crippen molar-refractivity contribution in [3.63, 3.8) is 0 Å². The highest BCUT2D eigenvalue weighted by Crippen LogP contribution is 2.23. The maximum absolute atomic E-state index is 12.5. The highest BCUT2D eigenvalue weighted by atomic mass is 16.2. The van der Waals surface area contributed by atoms with E-state index in [2.05, 4.69) is 20.6 Å². The Bertz CT molecular complexity index is 840. The molecule has 2 heterocycles. The fraction of sp³-hybridized carbons (Fsp3) is 0.368. The summed E-state index contributed by atoms with van der Waals surface area (Å²) in [6, 6.07) is 5.18. The van der Waals surface area contributed by atoms with Crippen molar-refractivity contribution in [2.75, 3.05) is 23.3 Å². The van der Waals surface area contributed by atoms with Gasteiger partial charge in [0.2, 0.25) is 0 Å². The molecular formula is C19H23N5O2. The van der Waals surface area contributed by atoms with Gasteiger partial charge in [0.1, 0.15) is 5.82 Å². The summed E-state index contributed by atoms with van der Waals surface area (Å²) in [7, 11) is 0. The molecule has 1 aromatic carbocycles. The molecule has 2 N–H and O–H groups in total. The predicted molar refractivity (Wildman–Crippen MR) is 101 cm³/mol. The third-order valence-corrected chi connectivity index (χ3v) is 4.19. The van der Waals surface area contributed by atoms with Crippen LogP contribution < -0.4 is 15.5 Å². The summed E-state index contributed by atoms with van der Waals surface area (Å²) in [5.41, 5.74) is 2.61. The van der Waals surface area contributed by atoms with Crippen molar-refractivity contribution in [3.8, 4) is 0 Å². The van der Waals surface area contributed by atoms with Crippen molar-refractivity contribution in [1.82, 2.24) is 15.3 Å². The van der Waals surface area contributed by atoms with Gasteiger partial charge >= 0.3 is 6.03 Å². The van der Waals surface area contributed by atoms with Crippen molar-refractivity contribution in [1.29, 1.82) is 0 Å². The number of rotatable bonds is 3. The van der Waals surface area contributed by atoms with E-state index in [1.807, 2.05) is 27.7 Å². The first-order valence-corrected chi connectivity index (χ1v) is 8.55. The second-order valence-electron chi connectivity index (χ2n) is 7.38. The first-order valence-electron chi connectivity index (χ1n) is 8.55. The summed E-state index contributed by atoms with van der Waals surface area (Å²) in [4.78, 5) is 34.6. The first-order chi connectivity index (χ1) is 12.3. The SMILES string of the molecule is Cc1cc(C(=O)Nc2cnc(C(C)(C)C)nc2)ccc1N1CCNC1=O. The molecule has 7 heteroatoms. The van der Waals surface area contributed by atoms with Crippen molar-refractivity contribution in [3.05, 3.63) is 47.5 Å². The van der Waals surface area contributed by atoms with Gasteiger partial charge in [-0.15, -0.1) is 0 Å². The molecule has 136 valence electrons. The minimum atomic E-state index is -0.238. The maximum atomic E-state index is 12.5. The Hall–Kier alpha value is -2.96. The summed E-state index contributed by atoms with van der Waals surface area (Å²) in [6.45, 7) is 9.25. The molecule has 0 unspecified atom stereocenters. The largest absolute Gasteiger partial charge is 0.336 e. The number of nitrogens with zero attached hydrogens (tertiary/aromatic N) is 3. The molecule has 3 amide bonds. The normalized spacial score (nSPS) is 14.3. The summed E-state index contributed by atoms with van der Waals surface area (Å²) < 4.78 is 0. The molecule has 1 fully saturated rings. The molecule has 0 spiro atoms. The monoisotopic (exact) mass is 353 g/mol. The molecule has 26 heavy (non-hydrogen) atoms. The van der Waals surface area contributed by atoms with Crippen LogP contribution in [0, 0.1) is 6.92 Å². The number of carbonyl (C=O) groups is 2. The molecule has 1 aliphatic rings. The van der Waals surface area contributed by atoms with Gasteiger partial charge in [0.15, 0.2) is 0 Å². The number of aryl methyl sites for hydroxylation is 1. The molecule has 0 saturated carbocycles. The summed E-state index contributed by atoms with van der Waals surface area (Å²) in [6.07, 6.45) is 3.22. The van der Waals surface area contributed by atoms with E-state index in [-0.39, 0.29) is 17.4 Å². The van der Waals surface area contributed by atoms with Crippen molar-refractivity contribution < 1.29 is 9.59 Å². The number of carbonyl (C=O) groups excluding carboxylic acids is 2. The average molecular weight is 353 g/mol. The van der Waals surface area contributed by atoms with Gasteiger partial charge in [0.05, 0.1) is 18.1 Å². The fourth-order valence-electron chi connectivity index (χ4n) is 2.78. The van der Waals surface area contributed by atoms with Crippen LogP contribution in [-0.4, -0.2) is 35.0 Å². The first kappa shape index (κ1) is 17.8. The molecule has 0 bridgehead atoms. The highest BCUT2D eigenvalue weighted by Gasteiger charge is 2.23. The average Bonchev–Trinajstić information content (AvgIpc) is 3.00. The molecular weight excluding hydrogens is 330 g/mol. The van der Waals surface area contributed by atoms with Crippen LogP contribution in [0.4, 0.5) is 16.2 Å². The number of benzene rings is 1. The Kier molecular flexibility index (Phi) is 4.63. The molecule has 7 nitrogen and oxygen atoms in total. The molecule has 1 aromatic heterocycles. The van der Waals surface area contributed by atoms with Crippen molar-refractivity contribution >= 4 is 23.3 Å². The van der Waals surface area contributed by atoms with E-state index in [0.717, 1.165) is 17.1 Å². The molecule has 3 rings (SSSR count). The summed E-state index contributed by atoms with van der Waals surface area (Å²) in [5, 5.41) is 5.58. The van der Waals surface area contributed by atoms with Gasteiger partial charge in [-0.05, 0) is 30.7 Å². The molecule has 2 aromatic rings. The number of anilines is 2. The molecule has 1 aliphatic heterocycles. The third kappa shape index (κ3) is 3.66. The Balaban J connectivity index is 1.74. The third-order valence-electron chi connectivity index (χ3n) is 4.19. The zero-order valence-corrected chi connectivity index (χ0v) is 15.5. The van der Waals surface area contributed by atoms with E-state index in [0.29, 0.717) is 24.3 Å². The number of hydrogen-bond acceptors (Lipinski definition) is 4. The second kappa shape index (κ2) is 6.74. The van der Waals surface area contributed by atoms with Crippen LogP contribution >= 0.6 is 0 Å². The van der Waals surface area contributed by atoms with Gasteiger partial charge in [-0.2, -0.15) is 0 Å². The van der Waals surface area contributed by atoms with E-state index in [4.69, 9.17) is 0 Å². The zero-order chi connectivity index (χ0) is 18.9. The van der Waals surface area contributed by atoms with E-state index < -0.39 is 0 Å². The lowest BCUT2D eigenvalue weighted by molar-refractivity contribution is 0.102. The van der Waals surface area contributed by atoms with Gasteiger partial charge < -0.3 is 10.6 Å². The Morgan fingerprint density at radius 2 is 1.92 bits per heavy atom. The number of urea groups is 1. The van der Waals surface area contributed by atoms with Crippen LogP contribution in [-0.2, 0) is 5.41 Å². The summed E-state index contributed by atoms with van der Waals surface area (Å²) >= 11 is 0. The van der Waals surface area contributed by atoms with Crippen LogP contribution in [0.3, 0.4) is 0 Å². The van der Waals surface area contributed by atoms with Gasteiger partial charge in [-0.1, -0.05) is 20.8 Å².